The molecule has 1 saturated heterocycles. The summed E-state index contributed by atoms with van der Waals surface area (Å²) in [5, 5.41) is 4.18. The van der Waals surface area contributed by atoms with Gasteiger partial charge in [-0.15, -0.1) is 0 Å². The molecule has 0 radical (unpaired) electrons. The molecule has 1 aliphatic rings. The van der Waals surface area contributed by atoms with E-state index in [0.29, 0.717) is 37.8 Å². The zero-order chi connectivity index (χ0) is 19.7. The molecule has 0 amide bonds. The number of rotatable bonds is 3. The third-order valence-electron chi connectivity index (χ3n) is 4.37. The molecule has 1 aliphatic heterocycles. The molecule has 28 heavy (non-hydrogen) atoms. The Kier molecular flexibility index (Phi) is 4.57. The summed E-state index contributed by atoms with van der Waals surface area (Å²) in [6.07, 6.45) is 0.127. The number of halogens is 3. The third-order valence-corrected chi connectivity index (χ3v) is 4.37. The Labute approximate surface area is 158 Å². The molecular weight excluding hydrogens is 373 g/mol. The summed E-state index contributed by atoms with van der Waals surface area (Å²) in [5.74, 6) is 2.12. The lowest BCUT2D eigenvalue weighted by Crippen LogP contribution is -2.47. The lowest BCUT2D eigenvalue weighted by Gasteiger charge is -2.35. The zero-order valence-electron chi connectivity index (χ0n) is 15.0. The molecule has 0 aromatic carbocycles. The molecule has 8 nitrogen and oxygen atoms in total. The van der Waals surface area contributed by atoms with Crippen molar-refractivity contribution in [3.05, 3.63) is 48.3 Å². The molecule has 11 heteroatoms. The first kappa shape index (κ1) is 18.1. The highest BCUT2D eigenvalue weighted by Gasteiger charge is 2.33. The van der Waals surface area contributed by atoms with Crippen molar-refractivity contribution in [2.24, 2.45) is 0 Å². The Morgan fingerprint density at radius 2 is 1.64 bits per heavy atom. The number of anilines is 2. The normalized spacial score (nSPS) is 15.1. The molecule has 0 bridgehead atoms. The molecule has 146 valence electrons. The molecular formula is C17H17F3N8. The number of piperazine rings is 1. The minimum absolute atomic E-state index is 0.0885. The Morgan fingerprint density at radius 3 is 2.32 bits per heavy atom. The fourth-order valence-electron chi connectivity index (χ4n) is 3.01. The van der Waals surface area contributed by atoms with E-state index >= 15 is 0 Å². The van der Waals surface area contributed by atoms with Crippen LogP contribution >= 0.6 is 0 Å². The standard InChI is InChI=1S/C17H17F3N8/c1-12-23-14(11-15(24-12)28-6-2-4-22-28)26-7-9-27(10-8-26)16-21-5-3-13(25-16)17(18,19)20/h2-6,11H,7-10H2,1H3. The van der Waals surface area contributed by atoms with Crippen LogP contribution in [0.4, 0.5) is 24.9 Å². The largest absolute Gasteiger partial charge is 0.433 e. The number of hydrogen-bond donors (Lipinski definition) is 0. The second kappa shape index (κ2) is 7.06. The number of hydrogen-bond acceptors (Lipinski definition) is 7. The van der Waals surface area contributed by atoms with Crippen molar-refractivity contribution in [2.45, 2.75) is 13.1 Å². The van der Waals surface area contributed by atoms with Crippen molar-refractivity contribution < 1.29 is 13.2 Å². The highest BCUT2D eigenvalue weighted by molar-refractivity contribution is 5.46. The Bertz CT molecular complexity index is 949. The van der Waals surface area contributed by atoms with E-state index in [0.717, 1.165) is 18.1 Å². The van der Waals surface area contributed by atoms with Crippen LogP contribution < -0.4 is 9.80 Å². The van der Waals surface area contributed by atoms with Gasteiger partial charge < -0.3 is 9.80 Å². The van der Waals surface area contributed by atoms with Crippen molar-refractivity contribution in [3.63, 3.8) is 0 Å². The second-order valence-corrected chi connectivity index (χ2v) is 6.30. The van der Waals surface area contributed by atoms with E-state index in [4.69, 9.17) is 0 Å². The van der Waals surface area contributed by atoms with Crippen molar-refractivity contribution in [1.29, 1.82) is 0 Å². The maximum Gasteiger partial charge on any atom is 0.433 e. The van der Waals surface area contributed by atoms with Crippen LogP contribution in [0.2, 0.25) is 0 Å². The molecule has 0 N–H and O–H groups in total. The van der Waals surface area contributed by atoms with Gasteiger partial charge in [0.1, 0.15) is 17.3 Å². The van der Waals surface area contributed by atoms with E-state index in [2.05, 4.69) is 29.9 Å². The molecule has 4 rings (SSSR count). The maximum absolute atomic E-state index is 12.9. The van der Waals surface area contributed by atoms with Gasteiger partial charge in [0.05, 0.1) is 0 Å². The van der Waals surface area contributed by atoms with Crippen molar-refractivity contribution in [2.75, 3.05) is 36.0 Å². The Hall–Kier alpha value is -3.24. The zero-order valence-corrected chi connectivity index (χ0v) is 15.0. The van der Waals surface area contributed by atoms with Crippen LogP contribution in [0.3, 0.4) is 0 Å². The van der Waals surface area contributed by atoms with Gasteiger partial charge in [-0.3, -0.25) is 0 Å². The summed E-state index contributed by atoms with van der Waals surface area (Å²) in [6, 6.07) is 4.53. The number of nitrogens with zero attached hydrogens (tertiary/aromatic N) is 8. The lowest BCUT2D eigenvalue weighted by atomic mass is 10.3. The van der Waals surface area contributed by atoms with Crippen LogP contribution in [0.5, 0.6) is 0 Å². The van der Waals surface area contributed by atoms with Gasteiger partial charge in [0.15, 0.2) is 5.82 Å². The van der Waals surface area contributed by atoms with Crippen molar-refractivity contribution in [3.8, 4) is 5.82 Å². The summed E-state index contributed by atoms with van der Waals surface area (Å²) < 4.78 is 40.3. The first-order valence-corrected chi connectivity index (χ1v) is 8.66. The predicted octanol–water partition coefficient (Wildman–Crippen LogP) is 2.11. The Balaban J connectivity index is 1.49. The summed E-state index contributed by atoms with van der Waals surface area (Å²) in [6.45, 7) is 3.94. The Morgan fingerprint density at radius 1 is 0.929 bits per heavy atom. The van der Waals surface area contributed by atoms with Crippen LogP contribution in [-0.4, -0.2) is 55.9 Å². The topological polar surface area (TPSA) is 75.9 Å². The number of aryl methyl sites for hydroxylation is 1. The number of alkyl halides is 3. The van der Waals surface area contributed by atoms with Gasteiger partial charge >= 0.3 is 6.18 Å². The molecule has 1 fully saturated rings. The van der Waals surface area contributed by atoms with Crippen molar-refractivity contribution in [1.82, 2.24) is 29.7 Å². The lowest BCUT2D eigenvalue weighted by molar-refractivity contribution is -0.141. The quantitative estimate of drug-likeness (QED) is 0.678. The molecule has 0 saturated carbocycles. The summed E-state index contributed by atoms with van der Waals surface area (Å²) in [7, 11) is 0. The first-order chi connectivity index (χ1) is 13.4. The molecule has 0 spiro atoms. The van der Waals surface area contributed by atoms with Crippen LogP contribution in [-0.2, 0) is 6.18 Å². The van der Waals surface area contributed by atoms with Gasteiger partial charge in [0, 0.05) is 50.8 Å². The molecule has 3 aromatic heterocycles. The monoisotopic (exact) mass is 390 g/mol. The predicted molar refractivity (Wildman–Crippen MR) is 95.4 cm³/mol. The average molecular weight is 390 g/mol. The molecule has 3 aromatic rings. The van der Waals surface area contributed by atoms with E-state index in [1.165, 1.54) is 0 Å². The first-order valence-electron chi connectivity index (χ1n) is 8.66. The maximum atomic E-state index is 12.9. The average Bonchev–Trinajstić information content (AvgIpc) is 3.22. The van der Waals surface area contributed by atoms with Gasteiger partial charge in [-0.05, 0) is 19.1 Å². The van der Waals surface area contributed by atoms with Gasteiger partial charge in [-0.2, -0.15) is 18.3 Å². The summed E-state index contributed by atoms with van der Waals surface area (Å²) >= 11 is 0. The third kappa shape index (κ3) is 3.73. The molecule has 4 heterocycles. The molecule has 0 atom stereocenters. The molecule has 0 aliphatic carbocycles. The van der Waals surface area contributed by atoms with Gasteiger partial charge in [0.2, 0.25) is 5.95 Å². The SMILES string of the molecule is Cc1nc(N2CCN(c3nccc(C(F)(F)F)n3)CC2)cc(-n2cccn2)n1. The minimum atomic E-state index is -4.49. The smallest absolute Gasteiger partial charge is 0.353 e. The highest BCUT2D eigenvalue weighted by Crippen LogP contribution is 2.28. The fraction of sp³-hybridized carbons (Fsp3) is 0.353. The summed E-state index contributed by atoms with van der Waals surface area (Å²) in [4.78, 5) is 20.3. The van der Waals surface area contributed by atoms with E-state index < -0.39 is 11.9 Å². The van der Waals surface area contributed by atoms with Gasteiger partial charge in [0.25, 0.3) is 0 Å². The highest BCUT2D eigenvalue weighted by atomic mass is 19.4. The van der Waals surface area contributed by atoms with E-state index in [1.807, 2.05) is 19.1 Å². The summed E-state index contributed by atoms with van der Waals surface area (Å²) in [5.41, 5.74) is -0.935. The van der Waals surface area contributed by atoms with Crippen LogP contribution in [0, 0.1) is 6.92 Å². The van der Waals surface area contributed by atoms with E-state index in [1.54, 1.807) is 22.0 Å². The molecule has 0 unspecified atom stereocenters. The minimum Gasteiger partial charge on any atom is -0.353 e. The van der Waals surface area contributed by atoms with Crippen LogP contribution in [0.25, 0.3) is 5.82 Å². The van der Waals surface area contributed by atoms with Gasteiger partial charge in [-0.25, -0.2) is 24.6 Å². The van der Waals surface area contributed by atoms with E-state index in [-0.39, 0.29) is 5.95 Å². The second-order valence-electron chi connectivity index (χ2n) is 6.30. The van der Waals surface area contributed by atoms with Crippen LogP contribution in [0.1, 0.15) is 11.5 Å². The van der Waals surface area contributed by atoms with Crippen LogP contribution in [0.15, 0.2) is 36.8 Å². The number of aromatic nitrogens is 6. The fourth-order valence-corrected chi connectivity index (χ4v) is 3.01. The van der Waals surface area contributed by atoms with Gasteiger partial charge in [-0.1, -0.05) is 0 Å². The van der Waals surface area contributed by atoms with Crippen molar-refractivity contribution >= 4 is 11.8 Å². The van der Waals surface area contributed by atoms with E-state index in [9.17, 15) is 13.2 Å².